The minimum Gasteiger partial charge on any atom is -0.313 e. The molecule has 7 nitrogen and oxygen atoms in total. The zero-order valence-electron chi connectivity index (χ0n) is 15.5. The molecule has 0 amide bonds. The van der Waals surface area contributed by atoms with Crippen molar-refractivity contribution >= 4 is 11.3 Å². The summed E-state index contributed by atoms with van der Waals surface area (Å²) in [6, 6.07) is 10.5. The van der Waals surface area contributed by atoms with Gasteiger partial charge < -0.3 is 4.57 Å². The molecule has 0 unspecified atom stereocenters. The molecule has 0 atom stereocenters. The fraction of sp³-hybridized carbons (Fsp3) is 0.300. The molecule has 0 aromatic carbocycles. The molecule has 0 saturated carbocycles. The maximum atomic E-state index is 4.45. The predicted molar refractivity (Wildman–Crippen MR) is 108 cm³/mol. The lowest BCUT2D eigenvalue weighted by Gasteiger charge is -2.18. The van der Waals surface area contributed by atoms with Crippen molar-refractivity contribution in [2.24, 2.45) is 0 Å². The summed E-state index contributed by atoms with van der Waals surface area (Å²) in [6.07, 6.45) is 7.20. The maximum absolute atomic E-state index is 4.45. The number of thiophene rings is 1. The molecule has 0 spiro atoms. The van der Waals surface area contributed by atoms with E-state index in [9.17, 15) is 0 Å². The number of fused-ring (bicyclic) bond motifs is 1. The predicted octanol–water partition coefficient (Wildman–Crippen LogP) is 2.77. The summed E-state index contributed by atoms with van der Waals surface area (Å²) in [4.78, 5) is 9.32. The van der Waals surface area contributed by atoms with Gasteiger partial charge in [-0.1, -0.05) is 6.07 Å². The van der Waals surface area contributed by atoms with E-state index in [1.807, 2.05) is 29.7 Å². The van der Waals surface area contributed by atoms with Crippen molar-refractivity contribution < 1.29 is 0 Å². The van der Waals surface area contributed by atoms with Crippen LogP contribution in [0.1, 0.15) is 22.1 Å². The van der Waals surface area contributed by atoms with Crippen LogP contribution in [-0.4, -0.2) is 47.9 Å². The fourth-order valence-corrected chi connectivity index (χ4v) is 4.65. The highest BCUT2D eigenvalue weighted by molar-refractivity contribution is 7.15. The van der Waals surface area contributed by atoms with Gasteiger partial charge in [0.05, 0.1) is 10.6 Å². The summed E-state index contributed by atoms with van der Waals surface area (Å²) < 4.78 is 2.29. The molecule has 0 aliphatic carbocycles. The van der Waals surface area contributed by atoms with Crippen molar-refractivity contribution in [1.29, 1.82) is 0 Å². The van der Waals surface area contributed by atoms with E-state index in [1.165, 1.54) is 15.3 Å². The largest absolute Gasteiger partial charge is 0.313 e. The van der Waals surface area contributed by atoms with Crippen molar-refractivity contribution in [3.63, 3.8) is 0 Å². The van der Waals surface area contributed by atoms with Gasteiger partial charge in [0.25, 0.3) is 0 Å². The van der Waals surface area contributed by atoms with Gasteiger partial charge in [0.1, 0.15) is 11.6 Å². The Hall–Kier alpha value is -2.84. The van der Waals surface area contributed by atoms with E-state index in [2.05, 4.69) is 53.0 Å². The smallest absolute Gasteiger partial charge is 0.137 e. The molecule has 1 N–H and O–H groups in total. The van der Waals surface area contributed by atoms with Crippen LogP contribution in [0.2, 0.25) is 0 Å². The summed E-state index contributed by atoms with van der Waals surface area (Å²) in [6.45, 7) is 3.90. The molecule has 4 aromatic rings. The Morgan fingerprint density at radius 2 is 2.04 bits per heavy atom. The quantitative estimate of drug-likeness (QED) is 0.566. The number of aromatic amines is 1. The lowest BCUT2D eigenvalue weighted by Crippen LogP contribution is -2.26. The summed E-state index contributed by atoms with van der Waals surface area (Å²) in [7, 11) is 0. The summed E-state index contributed by atoms with van der Waals surface area (Å²) >= 11 is 1.83. The van der Waals surface area contributed by atoms with E-state index in [0.29, 0.717) is 0 Å². The highest BCUT2D eigenvalue weighted by Crippen LogP contribution is 2.27. The minimum absolute atomic E-state index is 0.777. The minimum atomic E-state index is 0.777. The Morgan fingerprint density at radius 3 is 2.89 bits per heavy atom. The number of pyridine rings is 1. The average Bonchev–Trinajstić information content (AvgIpc) is 3.44. The second-order valence-corrected chi connectivity index (χ2v) is 8.15. The van der Waals surface area contributed by atoms with Crippen molar-refractivity contribution in [3.8, 4) is 10.6 Å². The molecular formula is C20H21N7S. The number of hydrogen-bond donors (Lipinski definition) is 1. The fourth-order valence-electron chi connectivity index (χ4n) is 3.62. The van der Waals surface area contributed by atoms with Crippen molar-refractivity contribution in [3.05, 3.63) is 71.0 Å². The topological polar surface area (TPSA) is 75.5 Å². The van der Waals surface area contributed by atoms with Gasteiger partial charge in [-0.15, -0.1) is 21.5 Å². The van der Waals surface area contributed by atoms with Gasteiger partial charge in [0.15, 0.2) is 0 Å². The first-order valence-electron chi connectivity index (χ1n) is 9.46. The van der Waals surface area contributed by atoms with Crippen molar-refractivity contribution in [1.82, 2.24) is 34.8 Å². The van der Waals surface area contributed by atoms with Crippen LogP contribution in [0.3, 0.4) is 0 Å². The highest BCUT2D eigenvalue weighted by Gasteiger charge is 2.19. The summed E-state index contributed by atoms with van der Waals surface area (Å²) in [5.74, 6) is 2.12. The van der Waals surface area contributed by atoms with Gasteiger partial charge in [-0.3, -0.25) is 15.0 Å². The Balaban J connectivity index is 1.25. The third-order valence-corrected chi connectivity index (χ3v) is 6.19. The van der Waals surface area contributed by atoms with E-state index in [-0.39, 0.29) is 0 Å². The molecule has 1 aliphatic heterocycles. The van der Waals surface area contributed by atoms with E-state index >= 15 is 0 Å². The van der Waals surface area contributed by atoms with E-state index < -0.39 is 0 Å². The number of H-pyrrole nitrogens is 1. The molecule has 8 heteroatoms. The second kappa shape index (κ2) is 7.65. The molecule has 142 valence electrons. The number of nitrogens with one attached hydrogen (secondary N) is 1. The van der Waals surface area contributed by atoms with Gasteiger partial charge in [-0.05, 0) is 29.8 Å². The SMILES string of the molecule is c1cncc(Cc2nnc3n2CCN(Cc2ccc(-c4ccn[nH]4)s2)CC3)c1. The Labute approximate surface area is 167 Å². The molecule has 1 aliphatic rings. The van der Waals surface area contributed by atoms with Crippen molar-refractivity contribution in [2.75, 3.05) is 13.1 Å². The highest BCUT2D eigenvalue weighted by atomic mass is 32.1. The molecule has 0 saturated heterocycles. The molecule has 0 bridgehead atoms. The van der Waals surface area contributed by atoms with E-state index in [4.69, 9.17) is 0 Å². The first-order chi connectivity index (χ1) is 13.8. The molecule has 0 radical (unpaired) electrons. The maximum Gasteiger partial charge on any atom is 0.137 e. The van der Waals surface area contributed by atoms with Crippen LogP contribution in [0, 0.1) is 0 Å². The van der Waals surface area contributed by atoms with Crippen LogP contribution in [0.5, 0.6) is 0 Å². The molecule has 0 fully saturated rings. The van der Waals surface area contributed by atoms with Crippen LogP contribution in [0.15, 0.2) is 48.9 Å². The van der Waals surface area contributed by atoms with Crippen LogP contribution in [-0.2, 0) is 25.9 Å². The van der Waals surface area contributed by atoms with Crippen LogP contribution < -0.4 is 0 Å². The number of nitrogens with zero attached hydrogens (tertiary/aromatic N) is 6. The third-order valence-electron chi connectivity index (χ3n) is 5.09. The van der Waals surface area contributed by atoms with Gasteiger partial charge in [0.2, 0.25) is 0 Å². The third kappa shape index (κ3) is 3.61. The lowest BCUT2D eigenvalue weighted by atomic mass is 10.2. The zero-order valence-corrected chi connectivity index (χ0v) is 16.3. The molecule has 5 heterocycles. The normalized spacial score (nSPS) is 14.7. The standard InChI is InChI=1S/C20H21N7S/c1-2-15(13-21-7-1)12-20-25-24-19-6-9-26(10-11-27(19)20)14-16-3-4-18(28-16)17-5-8-22-23-17/h1-5,7-8,13H,6,9-12,14H2,(H,22,23). The second-order valence-electron chi connectivity index (χ2n) is 6.98. The number of hydrogen-bond acceptors (Lipinski definition) is 6. The van der Waals surface area contributed by atoms with E-state index in [1.54, 1.807) is 12.4 Å². The monoisotopic (exact) mass is 391 g/mol. The summed E-state index contributed by atoms with van der Waals surface area (Å²) in [5.41, 5.74) is 2.25. The van der Waals surface area contributed by atoms with Crippen molar-refractivity contribution in [2.45, 2.75) is 25.9 Å². The Bertz CT molecular complexity index is 1040. The number of aromatic nitrogens is 6. The average molecular weight is 392 g/mol. The van der Waals surface area contributed by atoms with E-state index in [0.717, 1.165) is 56.4 Å². The van der Waals surface area contributed by atoms with Crippen LogP contribution in [0.4, 0.5) is 0 Å². The first-order valence-corrected chi connectivity index (χ1v) is 10.3. The molecule has 5 rings (SSSR count). The molecule has 28 heavy (non-hydrogen) atoms. The zero-order chi connectivity index (χ0) is 18.8. The van der Waals surface area contributed by atoms with Gasteiger partial charge in [0, 0.05) is 62.5 Å². The van der Waals surface area contributed by atoms with Gasteiger partial charge in [-0.2, -0.15) is 5.10 Å². The van der Waals surface area contributed by atoms with Crippen LogP contribution >= 0.6 is 11.3 Å². The Morgan fingerprint density at radius 1 is 1.04 bits per heavy atom. The first kappa shape index (κ1) is 17.3. The Kier molecular flexibility index (Phi) is 4.72. The number of rotatable bonds is 5. The summed E-state index contributed by atoms with van der Waals surface area (Å²) in [5, 5.41) is 16.0. The lowest BCUT2D eigenvalue weighted by molar-refractivity contribution is 0.273. The van der Waals surface area contributed by atoms with Gasteiger partial charge in [-0.25, -0.2) is 0 Å². The molecule has 4 aromatic heterocycles. The van der Waals surface area contributed by atoms with Crippen LogP contribution in [0.25, 0.3) is 10.6 Å². The van der Waals surface area contributed by atoms with Gasteiger partial charge >= 0.3 is 0 Å². The molecular weight excluding hydrogens is 370 g/mol.